The molecular weight excluding hydrogens is 486 g/mol. The van der Waals surface area contributed by atoms with Gasteiger partial charge in [-0.05, 0) is 25.0 Å². The number of nitrogens with one attached hydrogen (secondary N) is 2. The molecule has 0 fully saturated rings. The number of rotatable bonds is 10. The number of fused-ring (bicyclic) bond motifs is 2. The number of ether oxygens (including phenoxy) is 2. The molecule has 1 unspecified atom stereocenters. The predicted octanol–water partition coefficient (Wildman–Crippen LogP) is 2.49. The van der Waals surface area contributed by atoms with Crippen LogP contribution in [0.15, 0.2) is 72.2 Å². The number of nitrogens with zero attached hydrogens (tertiary/aromatic N) is 3. The van der Waals surface area contributed by atoms with Gasteiger partial charge in [0.25, 0.3) is 5.91 Å². The van der Waals surface area contributed by atoms with E-state index in [1.54, 1.807) is 24.7 Å². The molecule has 196 valence electrons. The first kappa shape index (κ1) is 25.1. The molecule has 38 heavy (non-hydrogen) atoms. The van der Waals surface area contributed by atoms with Crippen LogP contribution in [0.2, 0.25) is 0 Å². The third-order valence-electron chi connectivity index (χ3n) is 6.52. The summed E-state index contributed by atoms with van der Waals surface area (Å²) in [5.74, 6) is 0.106. The van der Waals surface area contributed by atoms with Gasteiger partial charge >= 0.3 is 0 Å². The molecule has 0 radical (unpaired) electrons. The number of benzene rings is 2. The van der Waals surface area contributed by atoms with Crippen molar-refractivity contribution in [3.8, 4) is 11.5 Å². The van der Waals surface area contributed by atoms with Gasteiger partial charge in [0.1, 0.15) is 11.6 Å². The highest BCUT2D eigenvalue weighted by Gasteiger charge is 2.25. The Balaban J connectivity index is 1.37. The smallest absolute Gasteiger partial charge is 0.257 e. The fourth-order valence-corrected chi connectivity index (χ4v) is 4.51. The lowest BCUT2D eigenvalue weighted by molar-refractivity contribution is -0.122. The summed E-state index contributed by atoms with van der Waals surface area (Å²) in [6, 6.07) is 11.9. The number of carbonyl (C=O) groups excluding carboxylic acids is 2. The molecule has 2 aromatic carbocycles. The first-order chi connectivity index (χ1) is 18.5. The zero-order valence-corrected chi connectivity index (χ0v) is 21.1. The number of aryl methyl sites for hydroxylation is 2. The van der Waals surface area contributed by atoms with E-state index in [9.17, 15) is 14.4 Å². The third kappa shape index (κ3) is 5.39. The average molecular weight is 516 g/mol. The molecule has 2 N–H and O–H groups in total. The molecule has 0 aliphatic carbocycles. The van der Waals surface area contributed by atoms with Crippen molar-refractivity contribution in [3.63, 3.8) is 0 Å². The van der Waals surface area contributed by atoms with E-state index in [2.05, 4.69) is 15.6 Å². The zero-order chi connectivity index (χ0) is 26.5. The Kier molecular flexibility index (Phi) is 7.39. The molecule has 0 saturated heterocycles. The summed E-state index contributed by atoms with van der Waals surface area (Å²) in [6.45, 7) is 3.68. The van der Waals surface area contributed by atoms with Gasteiger partial charge < -0.3 is 29.2 Å². The Hall–Kier alpha value is -4.60. The van der Waals surface area contributed by atoms with E-state index in [4.69, 9.17) is 9.47 Å². The Labute approximate surface area is 219 Å². The quantitative estimate of drug-likeness (QED) is 0.314. The average Bonchev–Trinajstić information content (AvgIpc) is 3.62. The summed E-state index contributed by atoms with van der Waals surface area (Å²) in [6.07, 6.45) is 7.81. The molecule has 4 aromatic rings. The number of pyridine rings is 1. The van der Waals surface area contributed by atoms with E-state index in [1.807, 2.05) is 52.6 Å². The lowest BCUT2D eigenvalue weighted by atomic mass is 10.0. The van der Waals surface area contributed by atoms with Crippen LogP contribution >= 0.6 is 0 Å². The Morgan fingerprint density at radius 3 is 2.66 bits per heavy atom. The lowest BCUT2D eigenvalue weighted by Gasteiger charge is -2.19. The molecular formula is C28H29N5O5. The van der Waals surface area contributed by atoms with E-state index in [0.717, 1.165) is 5.56 Å². The maximum Gasteiger partial charge on any atom is 0.257 e. The van der Waals surface area contributed by atoms with Crippen LogP contribution in [-0.4, -0.2) is 45.3 Å². The van der Waals surface area contributed by atoms with Crippen molar-refractivity contribution in [1.82, 2.24) is 24.8 Å². The standard InChI is InChI=1S/C28H29N5O5/c1-2-33-16-21(26(34)20-14-24-25(15-23(20)33)38-18-37-24)27(35)31-22(13-19-7-4-3-5-8-19)28(36)30-9-6-11-32-12-10-29-17-32/h3-5,7-8,10,12,14-17,22H,2,6,9,11,13,18H2,1H3,(H,30,36)(H,31,35). The minimum atomic E-state index is -0.861. The van der Waals surface area contributed by atoms with Crippen LogP contribution in [0.4, 0.5) is 0 Å². The SMILES string of the molecule is CCn1cc(C(=O)NC(Cc2ccccc2)C(=O)NCCCn2ccnc2)c(=O)c2cc3c(cc21)OCO3. The van der Waals surface area contributed by atoms with Crippen LogP contribution in [0.25, 0.3) is 10.9 Å². The van der Waals surface area contributed by atoms with Crippen LogP contribution in [0.5, 0.6) is 11.5 Å². The van der Waals surface area contributed by atoms with Crippen molar-refractivity contribution in [2.24, 2.45) is 0 Å². The van der Waals surface area contributed by atoms with E-state index >= 15 is 0 Å². The zero-order valence-electron chi connectivity index (χ0n) is 21.1. The number of hydrogen-bond acceptors (Lipinski definition) is 6. The summed E-state index contributed by atoms with van der Waals surface area (Å²) >= 11 is 0. The van der Waals surface area contributed by atoms with Crippen molar-refractivity contribution in [2.75, 3.05) is 13.3 Å². The van der Waals surface area contributed by atoms with Crippen molar-refractivity contribution >= 4 is 22.7 Å². The minimum Gasteiger partial charge on any atom is -0.454 e. The van der Waals surface area contributed by atoms with Crippen LogP contribution < -0.4 is 25.5 Å². The van der Waals surface area contributed by atoms with Gasteiger partial charge in [0.05, 0.1) is 17.2 Å². The van der Waals surface area contributed by atoms with E-state index in [1.165, 1.54) is 6.20 Å². The molecule has 0 spiro atoms. The molecule has 10 heteroatoms. The van der Waals surface area contributed by atoms with Crippen LogP contribution in [0.1, 0.15) is 29.3 Å². The number of amides is 2. The van der Waals surface area contributed by atoms with Gasteiger partial charge in [-0.2, -0.15) is 0 Å². The monoisotopic (exact) mass is 515 g/mol. The van der Waals surface area contributed by atoms with Gasteiger partial charge in [-0.3, -0.25) is 14.4 Å². The first-order valence-corrected chi connectivity index (χ1v) is 12.6. The Bertz CT molecular complexity index is 1500. The van der Waals surface area contributed by atoms with Gasteiger partial charge in [-0.25, -0.2) is 4.98 Å². The van der Waals surface area contributed by atoms with Crippen molar-refractivity contribution < 1.29 is 19.1 Å². The topological polar surface area (TPSA) is 116 Å². The fraction of sp³-hybridized carbons (Fsp3) is 0.286. The van der Waals surface area contributed by atoms with Gasteiger partial charge in [0.15, 0.2) is 11.5 Å². The number of imidazole rings is 1. The largest absolute Gasteiger partial charge is 0.454 e. The Morgan fingerprint density at radius 1 is 1.13 bits per heavy atom. The molecule has 10 nitrogen and oxygen atoms in total. The van der Waals surface area contributed by atoms with E-state index in [-0.39, 0.29) is 24.7 Å². The molecule has 1 aliphatic heterocycles. The maximum absolute atomic E-state index is 13.4. The van der Waals surface area contributed by atoms with Gasteiger partial charge in [-0.1, -0.05) is 30.3 Å². The third-order valence-corrected chi connectivity index (χ3v) is 6.52. The number of aromatic nitrogens is 3. The van der Waals surface area contributed by atoms with E-state index < -0.39 is 17.4 Å². The molecule has 3 heterocycles. The van der Waals surface area contributed by atoms with Gasteiger partial charge in [-0.15, -0.1) is 0 Å². The second kappa shape index (κ2) is 11.2. The minimum absolute atomic E-state index is 0.0378. The molecule has 2 amide bonds. The first-order valence-electron chi connectivity index (χ1n) is 12.6. The Morgan fingerprint density at radius 2 is 1.92 bits per heavy atom. The molecule has 1 aliphatic rings. The summed E-state index contributed by atoms with van der Waals surface area (Å²) in [4.78, 5) is 44.0. The highest BCUT2D eigenvalue weighted by Crippen LogP contribution is 2.35. The summed E-state index contributed by atoms with van der Waals surface area (Å²) in [7, 11) is 0. The molecule has 0 saturated carbocycles. The van der Waals surface area contributed by atoms with E-state index in [0.29, 0.717) is 48.5 Å². The van der Waals surface area contributed by atoms with Crippen LogP contribution in [0.3, 0.4) is 0 Å². The highest BCUT2D eigenvalue weighted by molar-refractivity contribution is 6.00. The number of hydrogen-bond donors (Lipinski definition) is 2. The van der Waals surface area contributed by atoms with Gasteiger partial charge in [0, 0.05) is 50.7 Å². The summed E-state index contributed by atoms with van der Waals surface area (Å²) in [5.41, 5.74) is 1.07. The second-order valence-corrected chi connectivity index (χ2v) is 9.04. The summed E-state index contributed by atoms with van der Waals surface area (Å²) in [5, 5.41) is 6.08. The fourth-order valence-electron chi connectivity index (χ4n) is 4.51. The van der Waals surface area contributed by atoms with Crippen molar-refractivity contribution in [3.05, 3.63) is 88.7 Å². The van der Waals surface area contributed by atoms with Crippen molar-refractivity contribution in [2.45, 2.75) is 38.9 Å². The maximum atomic E-state index is 13.4. The lowest BCUT2D eigenvalue weighted by Crippen LogP contribution is -2.49. The molecule has 0 bridgehead atoms. The number of carbonyl (C=O) groups is 2. The highest BCUT2D eigenvalue weighted by atomic mass is 16.7. The predicted molar refractivity (Wildman–Crippen MR) is 141 cm³/mol. The van der Waals surface area contributed by atoms with Crippen LogP contribution in [-0.2, 0) is 24.3 Å². The van der Waals surface area contributed by atoms with Crippen LogP contribution in [0, 0.1) is 0 Å². The van der Waals surface area contributed by atoms with Crippen molar-refractivity contribution in [1.29, 1.82) is 0 Å². The second-order valence-electron chi connectivity index (χ2n) is 9.04. The molecule has 1 atom stereocenters. The van der Waals surface area contributed by atoms with Gasteiger partial charge in [0.2, 0.25) is 18.1 Å². The molecule has 5 rings (SSSR count). The normalized spacial score (nSPS) is 12.9. The molecule has 2 aromatic heterocycles. The summed E-state index contributed by atoms with van der Waals surface area (Å²) < 4.78 is 14.6.